The fourth-order valence-corrected chi connectivity index (χ4v) is 2.34. The Hall–Kier alpha value is -1.10. The van der Waals surface area contributed by atoms with Crippen LogP contribution in [0.15, 0.2) is 24.3 Å². The molecule has 5 heteroatoms. The van der Waals surface area contributed by atoms with Gasteiger partial charge in [-0.05, 0) is 19.0 Å². The number of carbonyl (C=O) groups is 1. The molecule has 1 aliphatic rings. The van der Waals surface area contributed by atoms with E-state index in [1.54, 1.807) is 18.2 Å². The maximum Gasteiger partial charge on any atom is 0.224 e. The highest BCUT2D eigenvalue weighted by Crippen LogP contribution is 2.22. The lowest BCUT2D eigenvalue weighted by Crippen LogP contribution is -2.34. The molecule has 1 saturated heterocycles. The molecule has 0 spiro atoms. The zero-order valence-electron chi connectivity index (χ0n) is 10.0. The second kappa shape index (κ2) is 6.18. The van der Waals surface area contributed by atoms with Gasteiger partial charge in [-0.15, -0.1) is 0 Å². The average molecular weight is 269 g/mol. The van der Waals surface area contributed by atoms with E-state index in [2.05, 4.69) is 10.6 Å². The van der Waals surface area contributed by atoms with Crippen molar-refractivity contribution in [2.75, 3.05) is 19.6 Å². The van der Waals surface area contributed by atoms with Crippen molar-refractivity contribution >= 4 is 17.5 Å². The highest BCUT2D eigenvalue weighted by molar-refractivity contribution is 6.31. The van der Waals surface area contributed by atoms with Crippen molar-refractivity contribution in [1.82, 2.24) is 10.6 Å². The number of carbonyl (C=O) groups excluding carboxylic acids is 1. The number of hydrogen-bond acceptors (Lipinski definition) is 3. The topological polar surface area (TPSA) is 61.4 Å². The Morgan fingerprint density at radius 3 is 3.00 bits per heavy atom. The lowest BCUT2D eigenvalue weighted by atomic mass is 10.1. The van der Waals surface area contributed by atoms with E-state index in [0.717, 1.165) is 13.0 Å². The van der Waals surface area contributed by atoms with E-state index in [4.69, 9.17) is 11.6 Å². The maximum absolute atomic E-state index is 11.8. The minimum Gasteiger partial charge on any atom is -0.387 e. The predicted molar refractivity (Wildman–Crippen MR) is 70.4 cm³/mol. The first-order chi connectivity index (χ1) is 8.68. The summed E-state index contributed by atoms with van der Waals surface area (Å²) in [7, 11) is 0. The summed E-state index contributed by atoms with van der Waals surface area (Å²) in [5, 5.41) is 16.4. The summed E-state index contributed by atoms with van der Waals surface area (Å²) in [6.45, 7) is 1.79. The number of halogens is 1. The normalized spacial score (nSPS) is 20.7. The van der Waals surface area contributed by atoms with Gasteiger partial charge in [-0.3, -0.25) is 4.79 Å². The fourth-order valence-electron chi connectivity index (χ4n) is 2.08. The van der Waals surface area contributed by atoms with Gasteiger partial charge in [-0.1, -0.05) is 29.8 Å². The minimum atomic E-state index is -0.767. The van der Waals surface area contributed by atoms with Crippen molar-refractivity contribution in [2.45, 2.75) is 12.5 Å². The number of nitrogens with one attached hydrogen (secondary N) is 2. The molecule has 1 amide bonds. The fraction of sp³-hybridized carbons (Fsp3) is 0.462. The summed E-state index contributed by atoms with van der Waals surface area (Å²) in [6, 6.07) is 7.10. The van der Waals surface area contributed by atoms with Crippen LogP contribution in [0.3, 0.4) is 0 Å². The van der Waals surface area contributed by atoms with E-state index in [1.165, 1.54) is 0 Å². The molecule has 2 atom stereocenters. The first-order valence-electron chi connectivity index (χ1n) is 6.09. The molecule has 1 aromatic rings. The molecule has 2 rings (SSSR count). The molecule has 1 aromatic carbocycles. The van der Waals surface area contributed by atoms with E-state index >= 15 is 0 Å². The molecule has 3 N–H and O–H groups in total. The Bertz CT molecular complexity index is 419. The number of hydrogen-bond donors (Lipinski definition) is 3. The van der Waals surface area contributed by atoms with Crippen LogP contribution in [0.5, 0.6) is 0 Å². The van der Waals surface area contributed by atoms with Crippen molar-refractivity contribution in [3.8, 4) is 0 Å². The van der Waals surface area contributed by atoms with Crippen molar-refractivity contribution in [3.63, 3.8) is 0 Å². The van der Waals surface area contributed by atoms with Crippen molar-refractivity contribution in [3.05, 3.63) is 34.9 Å². The van der Waals surface area contributed by atoms with Crippen LogP contribution in [-0.2, 0) is 4.79 Å². The molecular formula is C13H17ClN2O2. The predicted octanol–water partition coefficient (Wildman–Crippen LogP) is 1.10. The summed E-state index contributed by atoms with van der Waals surface area (Å²) in [4.78, 5) is 11.8. The van der Waals surface area contributed by atoms with Crippen molar-refractivity contribution in [1.29, 1.82) is 0 Å². The van der Waals surface area contributed by atoms with E-state index in [-0.39, 0.29) is 18.4 Å². The highest BCUT2D eigenvalue weighted by atomic mass is 35.5. The molecule has 18 heavy (non-hydrogen) atoms. The average Bonchev–Trinajstić information content (AvgIpc) is 2.90. The third kappa shape index (κ3) is 3.22. The van der Waals surface area contributed by atoms with Gasteiger partial charge in [0.15, 0.2) is 0 Å². The molecule has 0 saturated carbocycles. The molecule has 4 nitrogen and oxygen atoms in total. The summed E-state index contributed by atoms with van der Waals surface area (Å²) in [5.41, 5.74) is 0.643. The second-order valence-corrected chi connectivity index (χ2v) is 4.88. The first-order valence-corrected chi connectivity index (χ1v) is 6.47. The Kier molecular flexibility index (Phi) is 4.58. The van der Waals surface area contributed by atoms with Gasteiger partial charge in [0.1, 0.15) is 0 Å². The number of aliphatic hydroxyl groups excluding tert-OH is 1. The van der Waals surface area contributed by atoms with Gasteiger partial charge in [0.05, 0.1) is 12.0 Å². The molecule has 0 aliphatic carbocycles. The van der Waals surface area contributed by atoms with Gasteiger partial charge in [0.2, 0.25) is 5.91 Å². The molecule has 0 radical (unpaired) electrons. The van der Waals surface area contributed by atoms with Gasteiger partial charge in [0, 0.05) is 23.7 Å². The van der Waals surface area contributed by atoms with Crippen LogP contribution in [0, 0.1) is 5.92 Å². The first kappa shape index (κ1) is 13.3. The minimum absolute atomic E-state index is 0.00824. The van der Waals surface area contributed by atoms with Crippen LogP contribution in [0.4, 0.5) is 0 Å². The molecular weight excluding hydrogens is 252 g/mol. The Labute approximate surface area is 111 Å². The zero-order chi connectivity index (χ0) is 13.0. The number of amides is 1. The van der Waals surface area contributed by atoms with Crippen LogP contribution < -0.4 is 10.6 Å². The monoisotopic (exact) mass is 268 g/mol. The third-order valence-corrected chi connectivity index (χ3v) is 3.51. The molecule has 0 unspecified atom stereocenters. The van der Waals surface area contributed by atoms with Crippen LogP contribution in [0.2, 0.25) is 5.02 Å². The maximum atomic E-state index is 11.8. The molecule has 0 bridgehead atoms. The summed E-state index contributed by atoms with van der Waals surface area (Å²) >= 11 is 5.98. The molecule has 1 heterocycles. The Balaban J connectivity index is 1.86. The van der Waals surface area contributed by atoms with E-state index in [0.29, 0.717) is 17.1 Å². The van der Waals surface area contributed by atoms with E-state index in [1.807, 2.05) is 6.07 Å². The molecule has 1 fully saturated rings. The number of benzene rings is 1. The van der Waals surface area contributed by atoms with E-state index < -0.39 is 6.10 Å². The Morgan fingerprint density at radius 1 is 1.56 bits per heavy atom. The lowest BCUT2D eigenvalue weighted by Gasteiger charge is -2.15. The van der Waals surface area contributed by atoms with Gasteiger partial charge < -0.3 is 15.7 Å². The standard InChI is InChI=1S/C13H17ClN2O2/c14-11-4-2-1-3-10(11)12(17)8-16-13(18)9-5-6-15-7-9/h1-4,9,12,15,17H,5-8H2,(H,16,18)/t9-,12+/m1/s1. The van der Waals surface area contributed by atoms with Gasteiger partial charge in [0.25, 0.3) is 0 Å². The highest BCUT2D eigenvalue weighted by Gasteiger charge is 2.22. The summed E-state index contributed by atoms with van der Waals surface area (Å²) in [5.74, 6) is 0.00884. The van der Waals surface area contributed by atoms with Crippen LogP contribution >= 0.6 is 11.6 Å². The number of rotatable bonds is 4. The van der Waals surface area contributed by atoms with Crippen LogP contribution in [-0.4, -0.2) is 30.6 Å². The molecule has 0 aromatic heterocycles. The largest absolute Gasteiger partial charge is 0.387 e. The van der Waals surface area contributed by atoms with Gasteiger partial charge in [-0.2, -0.15) is 0 Å². The lowest BCUT2D eigenvalue weighted by molar-refractivity contribution is -0.124. The summed E-state index contributed by atoms with van der Waals surface area (Å²) < 4.78 is 0. The zero-order valence-corrected chi connectivity index (χ0v) is 10.8. The van der Waals surface area contributed by atoms with Crippen LogP contribution in [0.25, 0.3) is 0 Å². The van der Waals surface area contributed by atoms with E-state index in [9.17, 15) is 9.90 Å². The molecule has 98 valence electrons. The Morgan fingerprint density at radius 2 is 2.33 bits per heavy atom. The van der Waals surface area contributed by atoms with Crippen LogP contribution in [0.1, 0.15) is 18.1 Å². The SMILES string of the molecule is O=C(NC[C@H](O)c1ccccc1Cl)[C@@H]1CCNC1. The third-order valence-electron chi connectivity index (χ3n) is 3.16. The van der Waals surface area contributed by atoms with Crippen molar-refractivity contribution < 1.29 is 9.90 Å². The number of aliphatic hydroxyl groups is 1. The smallest absolute Gasteiger partial charge is 0.224 e. The quantitative estimate of drug-likeness (QED) is 0.766. The molecule has 1 aliphatic heterocycles. The summed E-state index contributed by atoms with van der Waals surface area (Å²) in [6.07, 6.45) is 0.0885. The second-order valence-electron chi connectivity index (χ2n) is 4.47. The van der Waals surface area contributed by atoms with Crippen molar-refractivity contribution in [2.24, 2.45) is 5.92 Å². The van der Waals surface area contributed by atoms with Gasteiger partial charge >= 0.3 is 0 Å². The van der Waals surface area contributed by atoms with Gasteiger partial charge in [-0.25, -0.2) is 0 Å².